The van der Waals surface area contributed by atoms with Crippen molar-refractivity contribution in [1.82, 2.24) is 20.4 Å². The number of carbonyl (C=O) groups is 1. The van der Waals surface area contributed by atoms with E-state index in [0.29, 0.717) is 6.54 Å². The number of hydrogen-bond acceptors (Lipinski definition) is 4. The zero-order chi connectivity index (χ0) is 13.1. The van der Waals surface area contributed by atoms with Crippen LogP contribution in [0.2, 0.25) is 0 Å². The molecule has 2 heterocycles. The Hall–Kier alpha value is -1.11. The number of hydrogen-bond donors (Lipinski definition) is 2. The third-order valence-corrected chi connectivity index (χ3v) is 4.01. The van der Waals surface area contributed by atoms with Gasteiger partial charge in [0.25, 0.3) is 5.91 Å². The van der Waals surface area contributed by atoms with E-state index in [1.54, 1.807) is 0 Å². The number of carbonyl (C=O) groups excluding carboxylic acids is 1. The number of aromatic nitrogens is 2. The number of amides is 1. The summed E-state index contributed by atoms with van der Waals surface area (Å²) >= 11 is 1.49. The van der Waals surface area contributed by atoms with E-state index in [1.165, 1.54) is 11.3 Å². The molecule has 19 heavy (non-hydrogen) atoms. The van der Waals surface area contributed by atoms with Gasteiger partial charge in [0.05, 0.1) is 10.6 Å². The fraction of sp³-hybridized carbons (Fsp3) is 0.500. The van der Waals surface area contributed by atoms with E-state index in [0.717, 1.165) is 33.8 Å². The third kappa shape index (κ3) is 3.46. The van der Waals surface area contributed by atoms with Gasteiger partial charge in [-0.3, -0.25) is 9.48 Å². The summed E-state index contributed by atoms with van der Waals surface area (Å²) in [6.07, 6.45) is 0.938. The van der Waals surface area contributed by atoms with Crippen LogP contribution in [0.4, 0.5) is 0 Å². The predicted molar refractivity (Wildman–Crippen MR) is 81.5 cm³/mol. The summed E-state index contributed by atoms with van der Waals surface area (Å²) in [5.41, 5.74) is 0.970. The molecule has 0 radical (unpaired) electrons. The lowest BCUT2D eigenvalue weighted by atomic mass is 10.3. The largest absolute Gasteiger partial charge is 0.351 e. The topological polar surface area (TPSA) is 58.9 Å². The molecule has 0 unspecified atom stereocenters. The zero-order valence-electron chi connectivity index (χ0n) is 11.3. The van der Waals surface area contributed by atoms with Crippen molar-refractivity contribution in [3.8, 4) is 0 Å². The molecule has 0 aromatic carbocycles. The van der Waals surface area contributed by atoms with Gasteiger partial charge in [-0.1, -0.05) is 0 Å². The van der Waals surface area contributed by atoms with Crippen molar-refractivity contribution >= 4 is 39.9 Å². The summed E-state index contributed by atoms with van der Waals surface area (Å²) in [4.78, 5) is 13.8. The van der Waals surface area contributed by atoms with Crippen LogP contribution in [0.3, 0.4) is 0 Å². The average molecular weight is 303 g/mol. The van der Waals surface area contributed by atoms with Crippen LogP contribution in [-0.4, -0.2) is 35.8 Å². The van der Waals surface area contributed by atoms with E-state index in [4.69, 9.17) is 0 Å². The monoisotopic (exact) mass is 302 g/mol. The molecule has 0 fully saturated rings. The summed E-state index contributed by atoms with van der Waals surface area (Å²) in [5, 5.41) is 11.4. The Kier molecular flexibility index (Phi) is 5.78. The highest BCUT2D eigenvalue weighted by Gasteiger charge is 2.14. The molecule has 2 aromatic heterocycles. The summed E-state index contributed by atoms with van der Waals surface area (Å²) in [6.45, 7) is 3.57. The minimum absolute atomic E-state index is 0. The maximum atomic E-state index is 11.9. The van der Waals surface area contributed by atoms with E-state index in [2.05, 4.69) is 15.7 Å². The maximum Gasteiger partial charge on any atom is 0.261 e. The molecule has 0 spiro atoms. The Morgan fingerprint density at radius 1 is 1.47 bits per heavy atom. The zero-order valence-corrected chi connectivity index (χ0v) is 13.0. The molecule has 0 bridgehead atoms. The second-order valence-corrected chi connectivity index (χ2v) is 5.28. The molecule has 7 heteroatoms. The molecule has 0 aliphatic heterocycles. The first-order chi connectivity index (χ1) is 8.63. The number of aryl methyl sites for hydroxylation is 2. The molecule has 0 atom stereocenters. The van der Waals surface area contributed by atoms with Crippen molar-refractivity contribution in [2.75, 3.05) is 20.1 Å². The Morgan fingerprint density at radius 3 is 2.84 bits per heavy atom. The Balaban J connectivity index is 0.00000180. The van der Waals surface area contributed by atoms with Crippen molar-refractivity contribution in [1.29, 1.82) is 0 Å². The van der Waals surface area contributed by atoms with Crippen molar-refractivity contribution in [3.05, 3.63) is 16.6 Å². The van der Waals surface area contributed by atoms with Gasteiger partial charge >= 0.3 is 0 Å². The Bertz CT molecular complexity index is 529. The molecule has 5 nitrogen and oxygen atoms in total. The maximum absolute atomic E-state index is 11.9. The molecule has 106 valence electrons. The number of thiophene rings is 1. The highest BCUT2D eigenvalue weighted by atomic mass is 35.5. The predicted octanol–water partition coefficient (Wildman–Crippen LogP) is 1.70. The minimum Gasteiger partial charge on any atom is -0.351 e. The van der Waals surface area contributed by atoms with Gasteiger partial charge < -0.3 is 10.6 Å². The van der Waals surface area contributed by atoms with Crippen LogP contribution in [0.1, 0.15) is 21.8 Å². The smallest absolute Gasteiger partial charge is 0.261 e. The van der Waals surface area contributed by atoms with Crippen LogP contribution in [0.15, 0.2) is 6.07 Å². The van der Waals surface area contributed by atoms with E-state index in [9.17, 15) is 4.79 Å². The number of nitrogens with one attached hydrogen (secondary N) is 2. The first-order valence-corrected chi connectivity index (χ1v) is 6.81. The van der Waals surface area contributed by atoms with E-state index in [-0.39, 0.29) is 18.3 Å². The van der Waals surface area contributed by atoms with E-state index < -0.39 is 0 Å². The number of nitrogens with zero attached hydrogens (tertiary/aromatic N) is 2. The molecule has 0 saturated carbocycles. The molecule has 2 aromatic rings. The van der Waals surface area contributed by atoms with Gasteiger partial charge in [0, 0.05) is 19.0 Å². The molecule has 1 amide bonds. The summed E-state index contributed by atoms with van der Waals surface area (Å²) in [6, 6.07) is 1.93. The molecule has 2 N–H and O–H groups in total. The van der Waals surface area contributed by atoms with Crippen molar-refractivity contribution in [2.24, 2.45) is 7.05 Å². The molecular formula is C12H19ClN4OS. The first kappa shape index (κ1) is 15.9. The highest BCUT2D eigenvalue weighted by molar-refractivity contribution is 7.20. The van der Waals surface area contributed by atoms with Crippen LogP contribution in [0.5, 0.6) is 0 Å². The second kappa shape index (κ2) is 6.88. The van der Waals surface area contributed by atoms with Gasteiger partial charge in [0.2, 0.25) is 0 Å². The number of halogens is 1. The van der Waals surface area contributed by atoms with E-state index in [1.807, 2.05) is 31.8 Å². The number of fused-ring (bicyclic) bond motifs is 1. The normalized spacial score (nSPS) is 10.5. The van der Waals surface area contributed by atoms with Gasteiger partial charge in [-0.05, 0) is 33.0 Å². The van der Waals surface area contributed by atoms with Gasteiger partial charge in [-0.15, -0.1) is 23.7 Å². The Labute approximate surface area is 122 Å². The molecule has 0 aliphatic carbocycles. The molecule has 0 aliphatic rings. The Morgan fingerprint density at radius 2 is 2.21 bits per heavy atom. The first-order valence-electron chi connectivity index (χ1n) is 5.99. The average Bonchev–Trinajstić information content (AvgIpc) is 2.88. The van der Waals surface area contributed by atoms with Crippen molar-refractivity contribution < 1.29 is 4.79 Å². The summed E-state index contributed by atoms with van der Waals surface area (Å²) < 4.78 is 1.83. The third-order valence-electron chi connectivity index (χ3n) is 2.81. The van der Waals surface area contributed by atoms with Gasteiger partial charge in [0.15, 0.2) is 0 Å². The summed E-state index contributed by atoms with van der Waals surface area (Å²) in [5.74, 6) is 0.00621. The SMILES string of the molecule is CNCCCNC(=O)c1cc2c(C)nn(C)c2s1.Cl. The quantitative estimate of drug-likeness (QED) is 0.827. The van der Waals surface area contributed by atoms with Gasteiger partial charge in [-0.2, -0.15) is 5.10 Å². The lowest BCUT2D eigenvalue weighted by Gasteiger charge is -2.02. The van der Waals surface area contributed by atoms with Crippen molar-refractivity contribution in [2.45, 2.75) is 13.3 Å². The fourth-order valence-electron chi connectivity index (χ4n) is 1.87. The lowest BCUT2D eigenvalue weighted by molar-refractivity contribution is 0.0957. The van der Waals surface area contributed by atoms with Crippen molar-refractivity contribution in [3.63, 3.8) is 0 Å². The second-order valence-electron chi connectivity index (χ2n) is 4.25. The molecule has 2 rings (SSSR count). The standard InChI is InChI=1S/C12H18N4OS.ClH/c1-8-9-7-10(18-12(9)16(3)15-8)11(17)14-6-4-5-13-2;/h7,13H,4-6H2,1-3H3,(H,14,17);1H. The fourth-order valence-corrected chi connectivity index (χ4v) is 2.91. The minimum atomic E-state index is 0. The summed E-state index contributed by atoms with van der Waals surface area (Å²) in [7, 11) is 3.81. The van der Waals surface area contributed by atoms with E-state index >= 15 is 0 Å². The highest BCUT2D eigenvalue weighted by Crippen LogP contribution is 2.27. The molecular weight excluding hydrogens is 284 g/mol. The lowest BCUT2D eigenvalue weighted by Crippen LogP contribution is -2.25. The van der Waals surface area contributed by atoms with Gasteiger partial charge in [-0.25, -0.2) is 0 Å². The van der Waals surface area contributed by atoms with Crippen LogP contribution < -0.4 is 10.6 Å². The van der Waals surface area contributed by atoms with Gasteiger partial charge in [0.1, 0.15) is 4.83 Å². The van der Waals surface area contributed by atoms with Crippen LogP contribution in [0, 0.1) is 6.92 Å². The number of rotatable bonds is 5. The van der Waals surface area contributed by atoms with Crippen LogP contribution in [0.25, 0.3) is 10.2 Å². The van der Waals surface area contributed by atoms with Crippen LogP contribution >= 0.6 is 23.7 Å². The molecule has 0 saturated heterocycles. The van der Waals surface area contributed by atoms with Crippen LogP contribution in [-0.2, 0) is 7.05 Å².